The van der Waals surface area contributed by atoms with Gasteiger partial charge in [0, 0.05) is 30.7 Å². The van der Waals surface area contributed by atoms with Crippen molar-refractivity contribution in [2.45, 2.75) is 20.4 Å². The molecule has 0 fully saturated rings. The molecular formula is C21H21BrN4O2. The molecule has 7 heteroatoms. The van der Waals surface area contributed by atoms with Gasteiger partial charge in [0.05, 0.1) is 23.1 Å². The van der Waals surface area contributed by atoms with E-state index in [1.54, 1.807) is 22.8 Å². The second-order valence-electron chi connectivity index (χ2n) is 6.56. The normalized spacial score (nSPS) is 10.6. The van der Waals surface area contributed by atoms with Crippen LogP contribution in [-0.2, 0) is 11.3 Å². The van der Waals surface area contributed by atoms with Gasteiger partial charge in [0.25, 0.3) is 5.91 Å². The number of nitrogens with one attached hydrogen (secondary N) is 1. The zero-order chi connectivity index (χ0) is 20.3. The summed E-state index contributed by atoms with van der Waals surface area (Å²) in [6.07, 6.45) is 1.57. The average molecular weight is 441 g/mol. The van der Waals surface area contributed by atoms with E-state index < -0.39 is 0 Å². The number of carbonyl (C=O) groups is 2. The maximum absolute atomic E-state index is 12.7. The van der Waals surface area contributed by atoms with Gasteiger partial charge < -0.3 is 10.2 Å². The third-order valence-electron chi connectivity index (χ3n) is 4.47. The van der Waals surface area contributed by atoms with Gasteiger partial charge in [-0.05, 0) is 48.9 Å². The minimum atomic E-state index is -0.224. The van der Waals surface area contributed by atoms with Gasteiger partial charge in [-0.1, -0.05) is 28.1 Å². The first-order chi connectivity index (χ1) is 13.3. The highest BCUT2D eigenvalue weighted by molar-refractivity contribution is 9.10. The molecule has 2 amide bonds. The fourth-order valence-electron chi connectivity index (χ4n) is 2.81. The molecule has 3 aromatic rings. The number of benzene rings is 2. The molecule has 0 saturated heterocycles. The topological polar surface area (TPSA) is 67.2 Å². The summed E-state index contributed by atoms with van der Waals surface area (Å²) in [4.78, 5) is 25.8. The van der Waals surface area contributed by atoms with Crippen LogP contribution in [0.25, 0.3) is 5.69 Å². The Labute approximate surface area is 172 Å². The molecule has 0 bridgehead atoms. The predicted octanol–water partition coefficient (Wildman–Crippen LogP) is 4.17. The smallest absolute Gasteiger partial charge is 0.259 e. The number of aromatic nitrogens is 2. The summed E-state index contributed by atoms with van der Waals surface area (Å²) in [5.41, 5.74) is 3.77. The second kappa shape index (κ2) is 8.39. The van der Waals surface area contributed by atoms with E-state index >= 15 is 0 Å². The van der Waals surface area contributed by atoms with E-state index in [2.05, 4.69) is 26.3 Å². The maximum Gasteiger partial charge on any atom is 0.259 e. The van der Waals surface area contributed by atoms with Gasteiger partial charge in [-0.25, -0.2) is 4.68 Å². The molecule has 0 saturated carbocycles. The molecular weight excluding hydrogens is 420 g/mol. The van der Waals surface area contributed by atoms with Crippen molar-refractivity contribution in [3.05, 3.63) is 76.0 Å². The zero-order valence-electron chi connectivity index (χ0n) is 15.9. The fraction of sp³-hybridized carbons (Fsp3) is 0.190. The largest absolute Gasteiger partial charge is 0.342 e. The lowest BCUT2D eigenvalue weighted by Gasteiger charge is -2.15. The molecule has 6 nitrogen and oxygen atoms in total. The van der Waals surface area contributed by atoms with Crippen molar-refractivity contribution in [3.63, 3.8) is 0 Å². The highest BCUT2D eigenvalue weighted by Gasteiger charge is 2.15. The SMILES string of the molecule is CC(=O)N(C)Cc1cccc(NC(=O)c2cnn(-c3ccc(Br)cc3)c2C)c1. The monoisotopic (exact) mass is 440 g/mol. The van der Waals surface area contributed by atoms with E-state index in [0.29, 0.717) is 17.8 Å². The lowest BCUT2D eigenvalue weighted by Crippen LogP contribution is -2.23. The quantitative estimate of drug-likeness (QED) is 0.646. The second-order valence-corrected chi connectivity index (χ2v) is 7.48. The number of anilines is 1. The van der Waals surface area contributed by atoms with Crippen LogP contribution in [0.15, 0.2) is 59.2 Å². The summed E-state index contributed by atoms with van der Waals surface area (Å²) in [6.45, 7) is 3.87. The van der Waals surface area contributed by atoms with E-state index in [1.807, 2.05) is 55.5 Å². The lowest BCUT2D eigenvalue weighted by atomic mass is 10.1. The van der Waals surface area contributed by atoms with E-state index in [4.69, 9.17) is 0 Å². The summed E-state index contributed by atoms with van der Waals surface area (Å²) in [6, 6.07) is 15.2. The third kappa shape index (κ3) is 4.48. The van der Waals surface area contributed by atoms with Crippen LogP contribution >= 0.6 is 15.9 Å². The van der Waals surface area contributed by atoms with Crippen molar-refractivity contribution in [1.82, 2.24) is 14.7 Å². The van der Waals surface area contributed by atoms with Gasteiger partial charge in [0.2, 0.25) is 5.91 Å². The number of rotatable bonds is 5. The number of nitrogens with zero attached hydrogens (tertiary/aromatic N) is 3. The number of amides is 2. The third-order valence-corrected chi connectivity index (χ3v) is 5.00. The van der Waals surface area contributed by atoms with Gasteiger partial charge in [-0.15, -0.1) is 0 Å². The van der Waals surface area contributed by atoms with Crippen LogP contribution in [-0.4, -0.2) is 33.5 Å². The standard InChI is InChI=1S/C21H21BrN4O2/c1-14-20(12-23-26(14)19-9-7-17(22)8-10-19)21(28)24-18-6-4-5-16(11-18)13-25(3)15(2)27/h4-12H,13H2,1-3H3,(H,24,28). The van der Waals surface area contributed by atoms with Crippen molar-refractivity contribution in [3.8, 4) is 5.69 Å². The van der Waals surface area contributed by atoms with E-state index in [9.17, 15) is 9.59 Å². The Morgan fingerprint density at radius 1 is 1.18 bits per heavy atom. The van der Waals surface area contributed by atoms with Crippen molar-refractivity contribution in [1.29, 1.82) is 0 Å². The minimum absolute atomic E-state index is 0.00887. The minimum Gasteiger partial charge on any atom is -0.342 e. The Bertz CT molecular complexity index is 1010. The maximum atomic E-state index is 12.7. The highest BCUT2D eigenvalue weighted by Crippen LogP contribution is 2.19. The van der Waals surface area contributed by atoms with Crippen LogP contribution in [0, 0.1) is 6.92 Å². The van der Waals surface area contributed by atoms with Gasteiger partial charge in [-0.3, -0.25) is 9.59 Å². The molecule has 1 aromatic heterocycles. The lowest BCUT2D eigenvalue weighted by molar-refractivity contribution is -0.128. The molecule has 0 atom stereocenters. The molecule has 0 aliphatic carbocycles. The number of carbonyl (C=O) groups excluding carboxylic acids is 2. The van der Waals surface area contributed by atoms with Crippen LogP contribution in [0.3, 0.4) is 0 Å². The molecule has 2 aromatic carbocycles. The molecule has 0 aliphatic heterocycles. The number of hydrogen-bond donors (Lipinski definition) is 1. The van der Waals surface area contributed by atoms with Crippen LogP contribution in [0.1, 0.15) is 28.5 Å². The molecule has 1 heterocycles. The van der Waals surface area contributed by atoms with Crippen LogP contribution in [0.4, 0.5) is 5.69 Å². The van der Waals surface area contributed by atoms with Gasteiger partial charge >= 0.3 is 0 Å². The van der Waals surface area contributed by atoms with E-state index in [0.717, 1.165) is 21.4 Å². The molecule has 0 unspecified atom stereocenters. The Morgan fingerprint density at radius 2 is 1.89 bits per heavy atom. The Kier molecular flexibility index (Phi) is 5.94. The zero-order valence-corrected chi connectivity index (χ0v) is 17.5. The van der Waals surface area contributed by atoms with Crippen molar-refractivity contribution in [2.75, 3.05) is 12.4 Å². The summed E-state index contributed by atoms with van der Waals surface area (Å²) in [5.74, 6) is -0.233. The highest BCUT2D eigenvalue weighted by atomic mass is 79.9. The Balaban J connectivity index is 1.77. The van der Waals surface area contributed by atoms with E-state index in [-0.39, 0.29) is 11.8 Å². The summed E-state index contributed by atoms with van der Waals surface area (Å²) in [5, 5.41) is 7.26. The van der Waals surface area contributed by atoms with Crippen LogP contribution < -0.4 is 5.32 Å². The van der Waals surface area contributed by atoms with Crippen molar-refractivity contribution >= 4 is 33.4 Å². The Morgan fingerprint density at radius 3 is 2.57 bits per heavy atom. The molecule has 0 radical (unpaired) electrons. The molecule has 3 rings (SSSR count). The predicted molar refractivity (Wildman–Crippen MR) is 113 cm³/mol. The van der Waals surface area contributed by atoms with Crippen LogP contribution in [0.5, 0.6) is 0 Å². The first kappa shape index (κ1) is 19.8. The average Bonchev–Trinajstić information content (AvgIpc) is 3.04. The molecule has 0 spiro atoms. The summed E-state index contributed by atoms with van der Waals surface area (Å²) < 4.78 is 2.72. The number of halogens is 1. The summed E-state index contributed by atoms with van der Waals surface area (Å²) in [7, 11) is 1.74. The van der Waals surface area contributed by atoms with Crippen molar-refractivity contribution in [2.24, 2.45) is 0 Å². The van der Waals surface area contributed by atoms with Gasteiger partial charge in [0.1, 0.15) is 0 Å². The molecule has 28 heavy (non-hydrogen) atoms. The van der Waals surface area contributed by atoms with Gasteiger partial charge in [0.15, 0.2) is 0 Å². The van der Waals surface area contributed by atoms with Crippen molar-refractivity contribution < 1.29 is 9.59 Å². The molecule has 1 N–H and O–H groups in total. The molecule has 144 valence electrons. The fourth-order valence-corrected chi connectivity index (χ4v) is 3.07. The van der Waals surface area contributed by atoms with Gasteiger partial charge in [-0.2, -0.15) is 5.10 Å². The molecule has 0 aliphatic rings. The Hall–Kier alpha value is -2.93. The first-order valence-corrected chi connectivity index (χ1v) is 9.57. The number of hydrogen-bond acceptors (Lipinski definition) is 3. The van der Waals surface area contributed by atoms with E-state index in [1.165, 1.54) is 6.92 Å². The van der Waals surface area contributed by atoms with Crippen LogP contribution in [0.2, 0.25) is 0 Å². The first-order valence-electron chi connectivity index (χ1n) is 8.77. The summed E-state index contributed by atoms with van der Waals surface area (Å²) >= 11 is 3.41.